The van der Waals surface area contributed by atoms with E-state index in [0.29, 0.717) is 25.2 Å². The second-order valence-corrected chi connectivity index (χ2v) is 23.0. The molecule has 3 heterocycles. The number of fused-ring (bicyclic) bond motifs is 7. The van der Waals surface area contributed by atoms with Crippen molar-refractivity contribution in [2.24, 2.45) is 50.2 Å². The molecular formula is C47H76O17. The zero-order chi connectivity index (χ0) is 46.7. The molecule has 8 aliphatic rings. The third-order valence-corrected chi connectivity index (χ3v) is 18.9. The Bertz CT molecular complexity index is 1740. The molecule has 4 saturated carbocycles. The molecule has 0 aromatic carbocycles. The second kappa shape index (κ2) is 17.2. The van der Waals surface area contributed by atoms with Gasteiger partial charge in [-0.2, -0.15) is 0 Å². The molecule has 7 fully saturated rings. The Kier molecular flexibility index (Phi) is 13.2. The second-order valence-electron chi connectivity index (χ2n) is 23.0. The van der Waals surface area contributed by atoms with Gasteiger partial charge in [0.25, 0.3) is 0 Å². The van der Waals surface area contributed by atoms with Gasteiger partial charge in [-0.05, 0) is 109 Å². The number of aliphatic hydroxyl groups excluding tert-OH is 10. The molecule has 22 atom stereocenters. The van der Waals surface area contributed by atoms with Crippen LogP contribution in [-0.4, -0.2) is 169 Å². The maximum Gasteiger partial charge on any atom is 0.315 e. The number of hydrogen-bond acceptors (Lipinski definition) is 17. The van der Waals surface area contributed by atoms with Crippen LogP contribution < -0.4 is 0 Å². The summed E-state index contributed by atoms with van der Waals surface area (Å²) < 4.78 is 35.6. The number of carbonyl (C=O) groups excluding carboxylic acids is 1. The van der Waals surface area contributed by atoms with Crippen molar-refractivity contribution in [3.63, 3.8) is 0 Å². The molecule has 17 nitrogen and oxygen atoms in total. The number of aliphatic hydroxyl groups is 10. The van der Waals surface area contributed by atoms with E-state index >= 15 is 0 Å². The number of ether oxygens (including phenoxy) is 6. The van der Waals surface area contributed by atoms with Gasteiger partial charge in [-0.15, -0.1) is 0 Å². The van der Waals surface area contributed by atoms with Crippen LogP contribution in [0.25, 0.3) is 0 Å². The van der Waals surface area contributed by atoms with Crippen molar-refractivity contribution in [3.05, 3.63) is 11.6 Å². The Morgan fingerprint density at radius 3 is 1.92 bits per heavy atom. The van der Waals surface area contributed by atoms with Crippen LogP contribution in [0.3, 0.4) is 0 Å². The highest BCUT2D eigenvalue weighted by Crippen LogP contribution is 2.76. The zero-order valence-electron chi connectivity index (χ0n) is 38.5. The molecule has 0 spiro atoms. The number of allylic oxidation sites excluding steroid dienone is 2. The number of hydrogen-bond donors (Lipinski definition) is 10. The molecular weight excluding hydrogens is 836 g/mol. The Morgan fingerprint density at radius 2 is 1.28 bits per heavy atom. The van der Waals surface area contributed by atoms with E-state index in [1.165, 1.54) is 5.57 Å². The molecule has 0 unspecified atom stereocenters. The average Bonchev–Trinajstić information content (AvgIpc) is 3.24. The first-order valence-electron chi connectivity index (χ1n) is 23.7. The summed E-state index contributed by atoms with van der Waals surface area (Å²) in [5.41, 5.74) is -0.434. The van der Waals surface area contributed by atoms with Crippen molar-refractivity contribution in [1.82, 2.24) is 0 Å². The molecule has 3 aliphatic heterocycles. The maximum atomic E-state index is 14.6. The average molecular weight is 913 g/mol. The lowest BCUT2D eigenvalue weighted by atomic mass is 9.33. The summed E-state index contributed by atoms with van der Waals surface area (Å²) in [4.78, 5) is 14.6. The van der Waals surface area contributed by atoms with Crippen molar-refractivity contribution in [2.75, 3.05) is 19.8 Å². The number of carbonyl (C=O) groups is 1. The monoisotopic (exact) mass is 913 g/mol. The van der Waals surface area contributed by atoms with Gasteiger partial charge >= 0.3 is 5.97 Å². The van der Waals surface area contributed by atoms with Crippen molar-refractivity contribution >= 4 is 5.97 Å². The van der Waals surface area contributed by atoms with E-state index < -0.39 is 111 Å². The van der Waals surface area contributed by atoms with Gasteiger partial charge in [0.15, 0.2) is 12.6 Å². The fraction of sp³-hybridized carbons (Fsp3) is 0.936. The summed E-state index contributed by atoms with van der Waals surface area (Å²) >= 11 is 0. The zero-order valence-corrected chi connectivity index (χ0v) is 38.5. The maximum absolute atomic E-state index is 14.6. The van der Waals surface area contributed by atoms with E-state index in [2.05, 4.69) is 54.5 Å². The van der Waals surface area contributed by atoms with Crippen LogP contribution in [-0.2, 0) is 33.2 Å². The van der Waals surface area contributed by atoms with Gasteiger partial charge in [0.2, 0.25) is 6.29 Å². The predicted octanol–water partition coefficient (Wildman–Crippen LogP) is 0.780. The van der Waals surface area contributed by atoms with Crippen molar-refractivity contribution in [2.45, 2.75) is 205 Å². The van der Waals surface area contributed by atoms with E-state index in [1.807, 2.05) is 0 Å². The van der Waals surface area contributed by atoms with Crippen molar-refractivity contribution in [3.8, 4) is 0 Å². The van der Waals surface area contributed by atoms with Crippen molar-refractivity contribution < 1.29 is 84.3 Å². The SMILES string of the molecule is CC1(C)CC[C@]2(C(=O)O[C@@H]3O[C@@H](CO)[C@H](O)[C@@H](O)[C@@H]3O)CC[C@]3(C)C(=CC[C@@H]4[C@@]5(C)CC[C@H](O[C@@H]6OC[C@H](O)[C@H](O[C@@H]7O[C@H](CO)[C@@H](O)[C@H](O)[C@H]7O)[C@H]6O)C(C)(C)[C@@H]5CC[C@]43C)[C@@H]2C1. The summed E-state index contributed by atoms with van der Waals surface area (Å²) in [5.74, 6) is -0.0598. The van der Waals surface area contributed by atoms with Crippen LogP contribution in [0.2, 0.25) is 0 Å². The first-order chi connectivity index (χ1) is 29.9. The molecule has 10 N–H and O–H groups in total. The van der Waals surface area contributed by atoms with Gasteiger partial charge in [0.1, 0.15) is 67.1 Å². The highest BCUT2D eigenvalue weighted by Gasteiger charge is 2.70. The normalized spacial score (nSPS) is 53.4. The standard InChI is InChI=1S/C47H76O17/c1-42(2)14-16-47(41(58)64-40-35(56)33(54)31(52)26(20-49)61-40)17-15-45(6)22(23(47)18-42)8-9-28-44(5)12-11-29(43(3,4)27(44)10-13-46(28,45)7)62-38-36(57)37(24(50)21-59-38)63-39-34(55)32(53)30(51)25(19-48)60-39/h8,23-40,48-57H,9-21H2,1-7H3/t23-,24-,25+,26-,27-,28+,29-,30+,31-,32-,33+,34+,35-,36+,37-,38-,39-,40-,44-,45+,46+,47-/m0/s1. The van der Waals surface area contributed by atoms with Gasteiger partial charge < -0.3 is 79.5 Å². The fourth-order valence-electron chi connectivity index (χ4n) is 14.8. The summed E-state index contributed by atoms with van der Waals surface area (Å²) in [7, 11) is 0. The lowest BCUT2D eigenvalue weighted by Crippen LogP contribution is -2.66. The Balaban J connectivity index is 1.01. The molecule has 366 valence electrons. The summed E-state index contributed by atoms with van der Waals surface area (Å²) in [5, 5.41) is 105. The Labute approximate surface area is 376 Å². The van der Waals surface area contributed by atoms with Crippen LogP contribution in [0.15, 0.2) is 11.6 Å². The minimum atomic E-state index is -1.72. The minimum absolute atomic E-state index is 0.0414. The van der Waals surface area contributed by atoms with E-state index in [0.717, 1.165) is 44.9 Å². The lowest BCUT2D eigenvalue weighted by molar-refractivity contribution is -0.357. The Hall–Kier alpha value is -1.39. The molecule has 0 radical (unpaired) electrons. The van der Waals surface area contributed by atoms with Crippen LogP contribution in [0.4, 0.5) is 0 Å². The molecule has 0 aromatic heterocycles. The first kappa shape index (κ1) is 49.0. The molecule has 64 heavy (non-hydrogen) atoms. The Morgan fingerprint density at radius 1 is 0.672 bits per heavy atom. The summed E-state index contributed by atoms with van der Waals surface area (Å²) in [6.45, 7) is 14.7. The first-order valence-corrected chi connectivity index (χ1v) is 23.7. The third kappa shape index (κ3) is 7.58. The summed E-state index contributed by atoms with van der Waals surface area (Å²) in [6.07, 6.45) is -10.9. The van der Waals surface area contributed by atoms with Crippen molar-refractivity contribution in [1.29, 1.82) is 0 Å². The molecule has 0 bridgehead atoms. The van der Waals surface area contributed by atoms with E-state index in [-0.39, 0.29) is 51.6 Å². The quantitative estimate of drug-likeness (QED) is 0.0916. The van der Waals surface area contributed by atoms with E-state index in [1.54, 1.807) is 0 Å². The van der Waals surface area contributed by atoms with Crippen LogP contribution >= 0.6 is 0 Å². The molecule has 8 rings (SSSR count). The van der Waals surface area contributed by atoms with Gasteiger partial charge in [-0.25, -0.2) is 0 Å². The minimum Gasteiger partial charge on any atom is -0.432 e. The van der Waals surface area contributed by atoms with Crippen LogP contribution in [0, 0.1) is 50.2 Å². The van der Waals surface area contributed by atoms with Crippen LogP contribution in [0.5, 0.6) is 0 Å². The van der Waals surface area contributed by atoms with Gasteiger partial charge in [0.05, 0.1) is 31.3 Å². The predicted molar refractivity (Wildman–Crippen MR) is 224 cm³/mol. The molecule has 0 aromatic rings. The largest absolute Gasteiger partial charge is 0.432 e. The van der Waals surface area contributed by atoms with E-state index in [9.17, 15) is 55.9 Å². The highest BCUT2D eigenvalue weighted by molar-refractivity contribution is 5.79. The van der Waals surface area contributed by atoms with Crippen LogP contribution in [0.1, 0.15) is 113 Å². The molecule has 5 aliphatic carbocycles. The molecule has 3 saturated heterocycles. The topological polar surface area (TPSA) is 275 Å². The molecule has 17 heteroatoms. The fourth-order valence-corrected chi connectivity index (χ4v) is 14.8. The third-order valence-electron chi connectivity index (χ3n) is 18.9. The van der Waals surface area contributed by atoms with E-state index in [4.69, 9.17) is 28.4 Å². The number of rotatable bonds is 8. The highest BCUT2D eigenvalue weighted by atomic mass is 16.7. The van der Waals surface area contributed by atoms with Gasteiger partial charge in [0, 0.05) is 0 Å². The number of esters is 1. The molecule has 0 amide bonds. The van der Waals surface area contributed by atoms with Gasteiger partial charge in [-0.1, -0.05) is 60.1 Å². The smallest absolute Gasteiger partial charge is 0.315 e. The lowest BCUT2D eigenvalue weighted by Gasteiger charge is -2.71. The van der Waals surface area contributed by atoms with Gasteiger partial charge in [-0.3, -0.25) is 4.79 Å². The summed E-state index contributed by atoms with van der Waals surface area (Å²) in [6, 6.07) is 0.